The Kier molecular flexibility index (Phi) is 8.20. The fraction of sp³-hybridized carbons (Fsp3) is 0.632. The van der Waals surface area contributed by atoms with Crippen molar-refractivity contribution in [2.24, 2.45) is 11.7 Å². The Morgan fingerprint density at radius 3 is 2.42 bits per heavy atom. The van der Waals surface area contributed by atoms with Crippen LogP contribution in [0.4, 0.5) is 5.69 Å². The number of likely N-dealkylation sites (tertiary alicyclic amines) is 1. The quantitative estimate of drug-likeness (QED) is 0.817. The van der Waals surface area contributed by atoms with E-state index < -0.39 is 5.54 Å². The summed E-state index contributed by atoms with van der Waals surface area (Å²) in [6.45, 7) is 9.51. The minimum atomic E-state index is -0.808. The summed E-state index contributed by atoms with van der Waals surface area (Å²) in [6.07, 6.45) is 4.17. The average molecular weight is 354 g/mol. The highest BCUT2D eigenvalue weighted by Gasteiger charge is 2.27. The lowest BCUT2D eigenvalue weighted by Crippen LogP contribution is -2.48. The molecule has 5 heteroatoms. The zero-order valence-corrected chi connectivity index (χ0v) is 16.0. The molecule has 1 unspecified atom stereocenters. The Hall–Kier alpha value is -1.10. The Bertz CT molecular complexity index is 508. The molecule has 3 N–H and O–H groups in total. The van der Waals surface area contributed by atoms with Crippen molar-refractivity contribution in [3.8, 4) is 0 Å². The standard InChI is InChI=1S/C19H31N3O.ClH/c1-4-11-19(3,20)18(23)21-17-7-5-16(6-8-17)14-22-12-9-15(2)10-13-22;/h5-8,15H,4,9-14,20H2,1-3H3,(H,21,23);1H. The van der Waals surface area contributed by atoms with Crippen molar-refractivity contribution in [3.05, 3.63) is 29.8 Å². The van der Waals surface area contributed by atoms with Crippen LogP contribution in [0.15, 0.2) is 24.3 Å². The second-order valence-corrected chi connectivity index (χ2v) is 7.28. The van der Waals surface area contributed by atoms with Crippen molar-refractivity contribution in [2.45, 2.75) is 58.5 Å². The first kappa shape index (κ1) is 20.9. The van der Waals surface area contributed by atoms with Crippen molar-refractivity contribution in [1.82, 2.24) is 4.90 Å². The first-order chi connectivity index (χ1) is 10.9. The zero-order chi connectivity index (χ0) is 16.9. The predicted octanol–water partition coefficient (Wildman–Crippen LogP) is 3.80. The van der Waals surface area contributed by atoms with E-state index in [1.165, 1.54) is 31.5 Å². The highest BCUT2D eigenvalue weighted by atomic mass is 35.5. The first-order valence-electron chi connectivity index (χ1n) is 8.82. The number of piperidine rings is 1. The molecule has 1 aromatic rings. The van der Waals surface area contributed by atoms with Gasteiger partial charge in [-0.05, 0) is 62.9 Å². The Labute approximate surface area is 152 Å². The number of nitrogens with one attached hydrogen (secondary N) is 1. The zero-order valence-electron chi connectivity index (χ0n) is 15.2. The Balaban J connectivity index is 0.00000288. The fourth-order valence-electron chi connectivity index (χ4n) is 3.08. The van der Waals surface area contributed by atoms with Crippen molar-refractivity contribution < 1.29 is 4.79 Å². The monoisotopic (exact) mass is 353 g/mol. The third kappa shape index (κ3) is 6.08. The molecule has 0 aromatic heterocycles. The van der Waals surface area contributed by atoms with Gasteiger partial charge < -0.3 is 11.1 Å². The van der Waals surface area contributed by atoms with E-state index in [2.05, 4.69) is 29.3 Å². The van der Waals surface area contributed by atoms with Crippen LogP contribution < -0.4 is 11.1 Å². The van der Waals surface area contributed by atoms with Crippen LogP contribution in [0.2, 0.25) is 0 Å². The smallest absolute Gasteiger partial charge is 0.244 e. The van der Waals surface area contributed by atoms with Gasteiger partial charge in [0.15, 0.2) is 0 Å². The maximum absolute atomic E-state index is 12.2. The minimum Gasteiger partial charge on any atom is -0.325 e. The molecule has 1 heterocycles. The highest BCUT2D eigenvalue weighted by Crippen LogP contribution is 2.19. The van der Waals surface area contributed by atoms with Crippen LogP contribution in [0, 0.1) is 5.92 Å². The number of hydrogen-bond acceptors (Lipinski definition) is 3. The number of rotatable bonds is 6. The predicted molar refractivity (Wildman–Crippen MR) is 103 cm³/mol. The summed E-state index contributed by atoms with van der Waals surface area (Å²) in [4.78, 5) is 14.7. The van der Waals surface area contributed by atoms with Gasteiger partial charge in [0.2, 0.25) is 5.91 Å². The highest BCUT2D eigenvalue weighted by molar-refractivity contribution is 5.97. The topological polar surface area (TPSA) is 58.4 Å². The van der Waals surface area contributed by atoms with Gasteiger partial charge in [-0.1, -0.05) is 32.4 Å². The molecule has 0 aliphatic carbocycles. The van der Waals surface area contributed by atoms with E-state index >= 15 is 0 Å². The van der Waals surface area contributed by atoms with E-state index in [1.54, 1.807) is 6.92 Å². The molecule has 0 saturated carbocycles. The van der Waals surface area contributed by atoms with Gasteiger partial charge in [0.05, 0.1) is 5.54 Å². The SMILES string of the molecule is CCCC(C)(N)C(=O)Nc1ccc(CN2CCC(C)CC2)cc1.Cl. The molecule has 1 fully saturated rings. The number of carbonyl (C=O) groups excluding carboxylic acids is 1. The number of anilines is 1. The molecule has 0 bridgehead atoms. The molecule has 1 saturated heterocycles. The van der Waals surface area contributed by atoms with E-state index in [-0.39, 0.29) is 18.3 Å². The third-order valence-corrected chi connectivity index (χ3v) is 4.78. The summed E-state index contributed by atoms with van der Waals surface area (Å²) in [7, 11) is 0. The lowest BCUT2D eigenvalue weighted by molar-refractivity contribution is -0.120. The van der Waals surface area contributed by atoms with Crippen LogP contribution >= 0.6 is 12.4 Å². The molecule has 2 rings (SSSR count). The van der Waals surface area contributed by atoms with Gasteiger partial charge in [-0.15, -0.1) is 12.4 Å². The lowest BCUT2D eigenvalue weighted by Gasteiger charge is -2.30. The lowest BCUT2D eigenvalue weighted by atomic mass is 9.96. The molecule has 136 valence electrons. The Morgan fingerprint density at radius 2 is 1.88 bits per heavy atom. The summed E-state index contributed by atoms with van der Waals surface area (Å²) >= 11 is 0. The fourth-order valence-corrected chi connectivity index (χ4v) is 3.08. The second kappa shape index (κ2) is 9.40. The van der Waals surface area contributed by atoms with E-state index in [9.17, 15) is 4.79 Å². The van der Waals surface area contributed by atoms with Crippen molar-refractivity contribution in [3.63, 3.8) is 0 Å². The molecule has 0 spiro atoms. The molecule has 24 heavy (non-hydrogen) atoms. The summed E-state index contributed by atoms with van der Waals surface area (Å²) in [6, 6.07) is 8.15. The molecule has 1 aliphatic rings. The summed E-state index contributed by atoms with van der Waals surface area (Å²) < 4.78 is 0. The molecule has 1 amide bonds. The van der Waals surface area contributed by atoms with E-state index in [0.717, 1.165) is 24.6 Å². The van der Waals surface area contributed by atoms with Gasteiger partial charge in [0.1, 0.15) is 0 Å². The number of benzene rings is 1. The van der Waals surface area contributed by atoms with Crippen molar-refractivity contribution in [2.75, 3.05) is 18.4 Å². The molecular formula is C19H32ClN3O. The normalized spacial score (nSPS) is 18.5. The van der Waals surface area contributed by atoms with Crippen LogP contribution in [0.1, 0.15) is 52.0 Å². The number of nitrogens with two attached hydrogens (primary N) is 1. The average Bonchev–Trinajstić information content (AvgIpc) is 2.51. The van der Waals surface area contributed by atoms with Crippen molar-refractivity contribution >= 4 is 24.0 Å². The molecule has 0 radical (unpaired) electrons. The summed E-state index contributed by atoms with van der Waals surface area (Å²) in [5, 5.41) is 2.93. The van der Waals surface area contributed by atoms with Gasteiger partial charge in [-0.25, -0.2) is 0 Å². The number of nitrogens with zero attached hydrogens (tertiary/aromatic N) is 1. The maximum Gasteiger partial charge on any atom is 0.244 e. The molecular weight excluding hydrogens is 322 g/mol. The van der Waals surface area contributed by atoms with Crippen LogP contribution in [0.5, 0.6) is 0 Å². The number of amides is 1. The van der Waals surface area contributed by atoms with Gasteiger partial charge in [0, 0.05) is 12.2 Å². The molecule has 4 nitrogen and oxygen atoms in total. The van der Waals surface area contributed by atoms with Crippen LogP contribution in [0.25, 0.3) is 0 Å². The number of halogens is 1. The molecule has 1 atom stereocenters. The van der Waals surface area contributed by atoms with Gasteiger partial charge in [0.25, 0.3) is 0 Å². The van der Waals surface area contributed by atoms with Gasteiger partial charge in [-0.3, -0.25) is 9.69 Å². The van der Waals surface area contributed by atoms with Crippen LogP contribution in [-0.2, 0) is 11.3 Å². The van der Waals surface area contributed by atoms with Gasteiger partial charge in [-0.2, -0.15) is 0 Å². The van der Waals surface area contributed by atoms with Gasteiger partial charge >= 0.3 is 0 Å². The minimum absolute atomic E-state index is 0. The number of carbonyl (C=O) groups is 1. The number of hydrogen-bond donors (Lipinski definition) is 2. The summed E-state index contributed by atoms with van der Waals surface area (Å²) in [5.74, 6) is 0.745. The first-order valence-corrected chi connectivity index (χ1v) is 8.82. The maximum atomic E-state index is 12.2. The van der Waals surface area contributed by atoms with E-state index in [0.29, 0.717) is 6.42 Å². The third-order valence-electron chi connectivity index (χ3n) is 4.78. The van der Waals surface area contributed by atoms with Crippen molar-refractivity contribution in [1.29, 1.82) is 0 Å². The van der Waals surface area contributed by atoms with Crippen LogP contribution in [0.3, 0.4) is 0 Å². The Morgan fingerprint density at radius 1 is 1.29 bits per heavy atom. The van der Waals surface area contributed by atoms with E-state index in [4.69, 9.17) is 5.73 Å². The molecule has 1 aromatic carbocycles. The molecule has 1 aliphatic heterocycles. The largest absolute Gasteiger partial charge is 0.325 e. The van der Waals surface area contributed by atoms with E-state index in [1.807, 2.05) is 19.1 Å². The summed E-state index contributed by atoms with van der Waals surface area (Å²) in [5.41, 5.74) is 7.37. The second-order valence-electron chi connectivity index (χ2n) is 7.28. The van der Waals surface area contributed by atoms with Crippen LogP contribution in [-0.4, -0.2) is 29.4 Å².